The number of rotatable bonds is 7. The zero-order chi connectivity index (χ0) is 19.1. The van der Waals surface area contributed by atoms with Gasteiger partial charge in [-0.1, -0.05) is 37.8 Å². The molecule has 2 fully saturated rings. The van der Waals surface area contributed by atoms with Crippen molar-refractivity contribution in [1.29, 1.82) is 0 Å². The molecule has 0 radical (unpaired) electrons. The lowest BCUT2D eigenvalue weighted by molar-refractivity contribution is -0.125. The molecule has 1 aliphatic heterocycles. The standard InChI is InChI=1S/C20H28N4O3.ClH/c25-18-13-23-20(27)24(18)14-15-6-5-7-16(12-15)19(26)22-11-10-21-17-8-3-1-2-4-9-17;/h5-7,12,17,21H,1-4,8-11,13-14H2,(H,22,26)(H,23,27);1H. The molecule has 7 nitrogen and oxygen atoms in total. The van der Waals surface area contributed by atoms with Crippen LogP contribution in [0.1, 0.15) is 54.4 Å². The van der Waals surface area contributed by atoms with Gasteiger partial charge in [-0.2, -0.15) is 0 Å². The molecule has 0 spiro atoms. The van der Waals surface area contributed by atoms with E-state index in [1.54, 1.807) is 18.2 Å². The van der Waals surface area contributed by atoms with Gasteiger partial charge in [0.05, 0.1) is 13.1 Å². The molecular weight excluding hydrogens is 380 g/mol. The number of benzene rings is 1. The van der Waals surface area contributed by atoms with Crippen molar-refractivity contribution in [2.24, 2.45) is 0 Å². The third kappa shape index (κ3) is 6.21. The van der Waals surface area contributed by atoms with Gasteiger partial charge in [0.1, 0.15) is 0 Å². The second-order valence-corrected chi connectivity index (χ2v) is 7.24. The highest BCUT2D eigenvalue weighted by molar-refractivity contribution is 6.02. The van der Waals surface area contributed by atoms with Crippen LogP contribution in [0.4, 0.5) is 4.79 Å². The van der Waals surface area contributed by atoms with E-state index < -0.39 is 0 Å². The summed E-state index contributed by atoms with van der Waals surface area (Å²) in [5, 5.41) is 8.96. The van der Waals surface area contributed by atoms with Gasteiger partial charge in [-0.15, -0.1) is 12.4 Å². The van der Waals surface area contributed by atoms with Crippen molar-refractivity contribution in [2.75, 3.05) is 19.6 Å². The average Bonchev–Trinajstić information content (AvgIpc) is 2.88. The minimum Gasteiger partial charge on any atom is -0.351 e. The minimum absolute atomic E-state index is 0. The van der Waals surface area contributed by atoms with Crippen LogP contribution in [0.5, 0.6) is 0 Å². The lowest BCUT2D eigenvalue weighted by Gasteiger charge is -2.16. The SMILES string of the molecule is Cl.O=C(NCCNC1CCCCCC1)c1cccc(CN2C(=O)CNC2=O)c1. The Morgan fingerprint density at radius 3 is 2.54 bits per heavy atom. The first-order chi connectivity index (χ1) is 13.1. The zero-order valence-corrected chi connectivity index (χ0v) is 16.9. The number of carbonyl (C=O) groups is 3. The highest BCUT2D eigenvalue weighted by Crippen LogP contribution is 2.17. The Bertz CT molecular complexity index is 674. The molecule has 28 heavy (non-hydrogen) atoms. The summed E-state index contributed by atoms with van der Waals surface area (Å²) in [5.41, 5.74) is 1.29. The van der Waals surface area contributed by atoms with Crippen molar-refractivity contribution >= 4 is 30.3 Å². The Kier molecular flexibility index (Phi) is 8.73. The number of imide groups is 1. The fraction of sp³-hybridized carbons (Fsp3) is 0.550. The number of carbonyl (C=O) groups excluding carboxylic acids is 3. The van der Waals surface area contributed by atoms with Gasteiger partial charge in [0.25, 0.3) is 5.91 Å². The smallest absolute Gasteiger partial charge is 0.324 e. The van der Waals surface area contributed by atoms with Crippen LogP contribution in [0.15, 0.2) is 24.3 Å². The molecular formula is C20H29ClN4O3. The Morgan fingerprint density at radius 2 is 1.86 bits per heavy atom. The predicted molar refractivity (Wildman–Crippen MR) is 109 cm³/mol. The first kappa shape index (κ1) is 22.2. The molecule has 1 saturated carbocycles. The van der Waals surface area contributed by atoms with E-state index in [1.165, 1.54) is 38.5 Å². The molecule has 2 aliphatic rings. The molecule has 0 unspecified atom stereocenters. The quantitative estimate of drug-likeness (QED) is 0.366. The van der Waals surface area contributed by atoms with E-state index in [0.717, 1.165) is 17.0 Å². The molecule has 1 heterocycles. The number of hydrogen-bond donors (Lipinski definition) is 3. The first-order valence-corrected chi connectivity index (χ1v) is 9.82. The van der Waals surface area contributed by atoms with Gasteiger partial charge in [0.15, 0.2) is 0 Å². The lowest BCUT2D eigenvalue weighted by atomic mass is 10.1. The van der Waals surface area contributed by atoms with Gasteiger partial charge in [-0.05, 0) is 30.5 Å². The zero-order valence-electron chi connectivity index (χ0n) is 16.0. The maximum absolute atomic E-state index is 12.4. The van der Waals surface area contributed by atoms with E-state index in [2.05, 4.69) is 16.0 Å². The Balaban J connectivity index is 0.00000280. The van der Waals surface area contributed by atoms with Crippen LogP contribution in [0.25, 0.3) is 0 Å². The normalized spacial score (nSPS) is 17.6. The van der Waals surface area contributed by atoms with Gasteiger partial charge in [-0.3, -0.25) is 14.5 Å². The second-order valence-electron chi connectivity index (χ2n) is 7.24. The molecule has 0 atom stereocenters. The summed E-state index contributed by atoms with van der Waals surface area (Å²) in [6.45, 7) is 1.55. The Hall–Kier alpha value is -2.12. The number of amides is 4. The maximum atomic E-state index is 12.4. The van der Waals surface area contributed by atoms with Crippen LogP contribution in [0, 0.1) is 0 Å². The van der Waals surface area contributed by atoms with Crippen molar-refractivity contribution in [3.63, 3.8) is 0 Å². The van der Waals surface area contributed by atoms with Crippen molar-refractivity contribution in [2.45, 2.75) is 51.1 Å². The van der Waals surface area contributed by atoms with Crippen molar-refractivity contribution in [3.8, 4) is 0 Å². The van der Waals surface area contributed by atoms with E-state index >= 15 is 0 Å². The minimum atomic E-state index is -0.389. The molecule has 1 aromatic rings. The summed E-state index contributed by atoms with van der Waals surface area (Å²) in [6.07, 6.45) is 7.67. The van der Waals surface area contributed by atoms with Crippen LogP contribution in [0.3, 0.4) is 0 Å². The van der Waals surface area contributed by atoms with Crippen LogP contribution in [-0.4, -0.2) is 48.4 Å². The van der Waals surface area contributed by atoms with Crippen molar-refractivity contribution in [3.05, 3.63) is 35.4 Å². The molecule has 8 heteroatoms. The fourth-order valence-electron chi connectivity index (χ4n) is 3.65. The molecule has 0 bridgehead atoms. The largest absolute Gasteiger partial charge is 0.351 e. The van der Waals surface area contributed by atoms with Gasteiger partial charge in [0.2, 0.25) is 5.91 Å². The molecule has 3 N–H and O–H groups in total. The average molecular weight is 409 g/mol. The highest BCUT2D eigenvalue weighted by Gasteiger charge is 2.28. The number of urea groups is 1. The molecule has 4 amide bonds. The number of halogens is 1. The summed E-state index contributed by atoms with van der Waals surface area (Å²) in [4.78, 5) is 36.9. The monoisotopic (exact) mass is 408 g/mol. The van der Waals surface area contributed by atoms with Crippen LogP contribution in [-0.2, 0) is 11.3 Å². The van der Waals surface area contributed by atoms with E-state index in [9.17, 15) is 14.4 Å². The molecule has 1 aromatic carbocycles. The highest BCUT2D eigenvalue weighted by atomic mass is 35.5. The van der Waals surface area contributed by atoms with E-state index in [0.29, 0.717) is 18.2 Å². The van der Waals surface area contributed by atoms with Crippen molar-refractivity contribution in [1.82, 2.24) is 20.9 Å². The number of nitrogens with one attached hydrogen (secondary N) is 3. The maximum Gasteiger partial charge on any atom is 0.324 e. The Labute approximate surface area is 172 Å². The number of nitrogens with zero attached hydrogens (tertiary/aromatic N) is 1. The predicted octanol–water partition coefficient (Wildman–Crippen LogP) is 2.20. The molecule has 154 valence electrons. The van der Waals surface area contributed by atoms with Crippen molar-refractivity contribution < 1.29 is 14.4 Å². The second kappa shape index (κ2) is 11.0. The summed E-state index contributed by atoms with van der Waals surface area (Å²) >= 11 is 0. The number of hydrogen-bond acceptors (Lipinski definition) is 4. The summed E-state index contributed by atoms with van der Waals surface area (Å²) in [5.74, 6) is -0.392. The van der Waals surface area contributed by atoms with Crippen LogP contribution in [0.2, 0.25) is 0 Å². The summed E-state index contributed by atoms with van der Waals surface area (Å²) in [7, 11) is 0. The van der Waals surface area contributed by atoms with Crippen LogP contribution < -0.4 is 16.0 Å². The van der Waals surface area contributed by atoms with Gasteiger partial charge in [-0.25, -0.2) is 4.79 Å². The van der Waals surface area contributed by atoms with Gasteiger partial charge < -0.3 is 16.0 Å². The molecule has 1 saturated heterocycles. The van der Waals surface area contributed by atoms with E-state index in [4.69, 9.17) is 0 Å². The van der Waals surface area contributed by atoms with Gasteiger partial charge >= 0.3 is 6.03 Å². The molecule has 3 rings (SSSR count). The summed E-state index contributed by atoms with van der Waals surface area (Å²) in [6, 6.07) is 7.22. The third-order valence-electron chi connectivity index (χ3n) is 5.17. The first-order valence-electron chi connectivity index (χ1n) is 9.82. The van der Waals surface area contributed by atoms with Gasteiger partial charge in [0, 0.05) is 24.7 Å². The third-order valence-corrected chi connectivity index (χ3v) is 5.17. The molecule has 0 aromatic heterocycles. The molecule has 1 aliphatic carbocycles. The van der Waals surface area contributed by atoms with Crippen LogP contribution >= 0.6 is 12.4 Å². The topological polar surface area (TPSA) is 90.5 Å². The summed E-state index contributed by atoms with van der Waals surface area (Å²) < 4.78 is 0. The van der Waals surface area contributed by atoms with E-state index in [1.807, 2.05) is 6.07 Å². The lowest BCUT2D eigenvalue weighted by Crippen LogP contribution is -2.37. The Morgan fingerprint density at radius 1 is 1.11 bits per heavy atom. The fourth-order valence-corrected chi connectivity index (χ4v) is 3.65. The van der Waals surface area contributed by atoms with E-state index in [-0.39, 0.29) is 43.3 Å².